The average molecular weight is 409 g/mol. The summed E-state index contributed by atoms with van der Waals surface area (Å²) in [5, 5.41) is 12.1. The van der Waals surface area contributed by atoms with Crippen molar-refractivity contribution in [3.05, 3.63) is 71.8 Å². The van der Waals surface area contributed by atoms with Crippen LogP contribution in [0, 0.1) is 0 Å². The van der Waals surface area contributed by atoms with Gasteiger partial charge in [0, 0.05) is 13.0 Å². The standard InChI is InChI=1S/C23H27N3O4/c24-18(14-16-8-3-1-4-9-16)22(28)26-13-7-12-20(26)21(27)25-19(23(29)30)15-17-10-5-2-6-11-17/h1-6,8-11,18-20H,7,12-15,24H2,(H,25,27)(H,29,30)/t18-,19-,20+/m0/s1. The molecule has 1 fully saturated rings. The van der Waals surface area contributed by atoms with E-state index in [1.807, 2.05) is 60.7 Å². The number of hydrogen-bond acceptors (Lipinski definition) is 4. The Labute approximate surface area is 175 Å². The maximum Gasteiger partial charge on any atom is 0.326 e. The van der Waals surface area contributed by atoms with Gasteiger partial charge >= 0.3 is 5.97 Å². The van der Waals surface area contributed by atoms with Gasteiger partial charge in [0.15, 0.2) is 0 Å². The molecule has 2 aromatic rings. The molecule has 4 N–H and O–H groups in total. The third-order valence-corrected chi connectivity index (χ3v) is 5.35. The van der Waals surface area contributed by atoms with Gasteiger partial charge in [-0.25, -0.2) is 4.79 Å². The van der Waals surface area contributed by atoms with Crippen molar-refractivity contribution >= 4 is 17.8 Å². The molecular formula is C23H27N3O4. The fourth-order valence-corrected chi connectivity index (χ4v) is 3.79. The monoisotopic (exact) mass is 409 g/mol. The highest BCUT2D eigenvalue weighted by Gasteiger charge is 2.37. The third-order valence-electron chi connectivity index (χ3n) is 5.35. The third kappa shape index (κ3) is 5.45. The van der Waals surface area contributed by atoms with E-state index in [9.17, 15) is 19.5 Å². The lowest BCUT2D eigenvalue weighted by Gasteiger charge is -2.28. The van der Waals surface area contributed by atoms with Gasteiger partial charge in [-0.05, 0) is 30.4 Å². The van der Waals surface area contributed by atoms with Gasteiger partial charge in [-0.2, -0.15) is 0 Å². The number of carbonyl (C=O) groups is 3. The number of nitrogens with zero attached hydrogens (tertiary/aromatic N) is 1. The lowest BCUT2D eigenvalue weighted by atomic mass is 10.0. The minimum Gasteiger partial charge on any atom is -0.480 e. The highest BCUT2D eigenvalue weighted by Crippen LogP contribution is 2.19. The topological polar surface area (TPSA) is 113 Å². The first-order valence-electron chi connectivity index (χ1n) is 10.1. The van der Waals surface area contributed by atoms with Crippen molar-refractivity contribution in [1.82, 2.24) is 10.2 Å². The second-order valence-corrected chi connectivity index (χ2v) is 7.58. The van der Waals surface area contributed by atoms with Gasteiger partial charge < -0.3 is 21.1 Å². The van der Waals surface area contributed by atoms with Gasteiger partial charge in [-0.15, -0.1) is 0 Å². The molecule has 0 aromatic heterocycles. The molecule has 3 rings (SSSR count). The van der Waals surface area contributed by atoms with Crippen LogP contribution in [0.25, 0.3) is 0 Å². The number of rotatable bonds is 8. The smallest absolute Gasteiger partial charge is 0.326 e. The maximum absolute atomic E-state index is 12.9. The van der Waals surface area contributed by atoms with Gasteiger partial charge in [0.05, 0.1) is 6.04 Å². The number of nitrogens with one attached hydrogen (secondary N) is 1. The zero-order valence-corrected chi connectivity index (χ0v) is 16.7. The lowest BCUT2D eigenvalue weighted by molar-refractivity contribution is -0.144. The van der Waals surface area contributed by atoms with Crippen molar-refractivity contribution in [2.24, 2.45) is 5.73 Å². The number of carbonyl (C=O) groups excluding carboxylic acids is 2. The fraction of sp³-hybridized carbons (Fsp3) is 0.348. The Morgan fingerprint density at radius 3 is 2.13 bits per heavy atom. The Balaban J connectivity index is 1.63. The van der Waals surface area contributed by atoms with E-state index in [0.29, 0.717) is 25.8 Å². The molecule has 0 unspecified atom stereocenters. The summed E-state index contributed by atoms with van der Waals surface area (Å²) in [5.41, 5.74) is 7.89. The van der Waals surface area contributed by atoms with Crippen molar-refractivity contribution < 1.29 is 19.5 Å². The molecule has 1 aliphatic heterocycles. The predicted octanol–water partition coefficient (Wildman–Crippen LogP) is 1.36. The van der Waals surface area contributed by atoms with Crippen LogP contribution in [0.4, 0.5) is 0 Å². The fourth-order valence-electron chi connectivity index (χ4n) is 3.79. The minimum absolute atomic E-state index is 0.177. The lowest BCUT2D eigenvalue weighted by Crippen LogP contribution is -2.54. The van der Waals surface area contributed by atoms with Crippen molar-refractivity contribution in [3.63, 3.8) is 0 Å². The molecule has 1 aliphatic rings. The van der Waals surface area contributed by atoms with Crippen LogP contribution in [0.5, 0.6) is 0 Å². The molecule has 30 heavy (non-hydrogen) atoms. The van der Waals surface area contributed by atoms with Crippen LogP contribution in [0.2, 0.25) is 0 Å². The SMILES string of the molecule is N[C@@H](Cc1ccccc1)C(=O)N1CCC[C@@H]1C(=O)N[C@@H](Cc1ccccc1)C(=O)O. The van der Waals surface area contributed by atoms with Crippen molar-refractivity contribution in [3.8, 4) is 0 Å². The molecule has 158 valence electrons. The number of carboxylic acid groups (broad SMARTS) is 1. The molecule has 7 heteroatoms. The van der Waals surface area contributed by atoms with Crippen LogP contribution in [0.15, 0.2) is 60.7 Å². The average Bonchev–Trinajstić information content (AvgIpc) is 3.24. The molecule has 0 radical (unpaired) electrons. The van der Waals surface area contributed by atoms with Crippen LogP contribution in [-0.2, 0) is 27.2 Å². The second kappa shape index (κ2) is 10.0. The Bertz CT molecular complexity index is 873. The Kier molecular flexibility index (Phi) is 7.19. The number of amides is 2. The largest absolute Gasteiger partial charge is 0.480 e. The predicted molar refractivity (Wildman–Crippen MR) is 113 cm³/mol. The Morgan fingerprint density at radius 2 is 1.57 bits per heavy atom. The molecule has 0 saturated carbocycles. The summed E-state index contributed by atoms with van der Waals surface area (Å²) in [7, 11) is 0. The van der Waals surface area contributed by atoms with Gasteiger partial charge in [-0.1, -0.05) is 60.7 Å². The van der Waals surface area contributed by atoms with Crippen LogP contribution in [-0.4, -0.2) is 52.5 Å². The second-order valence-electron chi connectivity index (χ2n) is 7.58. The number of likely N-dealkylation sites (tertiary alicyclic amines) is 1. The zero-order valence-electron chi connectivity index (χ0n) is 16.7. The quantitative estimate of drug-likeness (QED) is 0.609. The van der Waals surface area contributed by atoms with Crippen molar-refractivity contribution in [1.29, 1.82) is 0 Å². The highest BCUT2D eigenvalue weighted by atomic mass is 16.4. The first-order valence-corrected chi connectivity index (χ1v) is 10.1. The van der Waals surface area contributed by atoms with E-state index >= 15 is 0 Å². The molecule has 1 heterocycles. The van der Waals surface area contributed by atoms with E-state index < -0.39 is 30.0 Å². The minimum atomic E-state index is -1.11. The van der Waals surface area contributed by atoms with Crippen LogP contribution in [0.1, 0.15) is 24.0 Å². The molecule has 2 amide bonds. The molecule has 0 spiro atoms. The van der Waals surface area contributed by atoms with E-state index in [0.717, 1.165) is 11.1 Å². The van der Waals surface area contributed by atoms with E-state index in [4.69, 9.17) is 5.73 Å². The van der Waals surface area contributed by atoms with Crippen molar-refractivity contribution in [2.45, 2.75) is 43.8 Å². The van der Waals surface area contributed by atoms with Gasteiger partial charge in [0.2, 0.25) is 11.8 Å². The molecule has 2 aromatic carbocycles. The van der Waals surface area contributed by atoms with Crippen LogP contribution < -0.4 is 11.1 Å². The number of hydrogen-bond donors (Lipinski definition) is 3. The molecule has 3 atom stereocenters. The summed E-state index contributed by atoms with van der Waals surface area (Å²) < 4.78 is 0. The maximum atomic E-state index is 12.9. The summed E-state index contributed by atoms with van der Waals surface area (Å²) in [4.78, 5) is 38.9. The van der Waals surface area contributed by atoms with E-state index in [2.05, 4.69) is 5.32 Å². The van der Waals surface area contributed by atoms with Gasteiger partial charge in [0.1, 0.15) is 12.1 Å². The molecule has 0 bridgehead atoms. The van der Waals surface area contributed by atoms with E-state index in [-0.39, 0.29) is 12.3 Å². The Hall–Kier alpha value is -3.19. The summed E-state index contributed by atoms with van der Waals surface area (Å²) in [5.74, 6) is -1.84. The number of aliphatic carboxylic acids is 1. The van der Waals surface area contributed by atoms with Gasteiger partial charge in [0.25, 0.3) is 0 Å². The normalized spacial score (nSPS) is 17.9. The van der Waals surface area contributed by atoms with Crippen LogP contribution in [0.3, 0.4) is 0 Å². The Morgan fingerprint density at radius 1 is 1.00 bits per heavy atom. The molecule has 7 nitrogen and oxygen atoms in total. The summed E-state index contributed by atoms with van der Waals surface area (Å²) in [6, 6.07) is 16.1. The van der Waals surface area contributed by atoms with Crippen LogP contribution >= 0.6 is 0 Å². The molecule has 1 saturated heterocycles. The zero-order chi connectivity index (χ0) is 21.5. The molecular weight excluding hydrogens is 382 g/mol. The highest BCUT2D eigenvalue weighted by molar-refractivity contribution is 5.92. The molecule has 0 aliphatic carbocycles. The number of nitrogens with two attached hydrogens (primary N) is 1. The summed E-state index contributed by atoms with van der Waals surface area (Å²) in [6.45, 7) is 0.440. The van der Waals surface area contributed by atoms with Crippen molar-refractivity contribution in [2.75, 3.05) is 6.54 Å². The first-order chi connectivity index (χ1) is 14.5. The summed E-state index contributed by atoms with van der Waals surface area (Å²) >= 11 is 0. The van der Waals surface area contributed by atoms with E-state index in [1.165, 1.54) is 4.90 Å². The first kappa shape index (κ1) is 21.5. The van der Waals surface area contributed by atoms with E-state index in [1.54, 1.807) is 0 Å². The number of carboxylic acids is 1. The number of benzene rings is 2. The van der Waals surface area contributed by atoms with Gasteiger partial charge in [-0.3, -0.25) is 9.59 Å². The summed E-state index contributed by atoms with van der Waals surface area (Å²) in [6.07, 6.45) is 1.73.